The summed E-state index contributed by atoms with van der Waals surface area (Å²) in [6.45, 7) is 10.5. The minimum atomic E-state index is -4.75. The monoisotopic (exact) mass is 694 g/mol. The first-order chi connectivity index (χ1) is 22.9. The summed E-state index contributed by atoms with van der Waals surface area (Å²) in [7, 11) is 0. The van der Waals surface area contributed by atoms with Crippen LogP contribution in [0.1, 0.15) is 56.7 Å². The quantitative estimate of drug-likeness (QED) is 0.122. The number of benzene rings is 3. The van der Waals surface area contributed by atoms with Crippen molar-refractivity contribution in [2.45, 2.75) is 65.8 Å². The summed E-state index contributed by atoms with van der Waals surface area (Å²) < 4.78 is 42.9. The van der Waals surface area contributed by atoms with Crippen LogP contribution in [0.2, 0.25) is 0 Å². The minimum absolute atomic E-state index is 0.0204. The van der Waals surface area contributed by atoms with Gasteiger partial charge in [0, 0.05) is 11.3 Å². The van der Waals surface area contributed by atoms with Gasteiger partial charge in [0.1, 0.15) is 12.1 Å². The van der Waals surface area contributed by atoms with Gasteiger partial charge < -0.3 is 4.74 Å². The largest absolute Gasteiger partial charge is 0.573 e. The molecule has 0 spiro atoms. The van der Waals surface area contributed by atoms with Gasteiger partial charge in [0.05, 0.1) is 23.2 Å². The molecule has 4 aromatic rings. The summed E-state index contributed by atoms with van der Waals surface area (Å²) in [6.07, 6.45) is -1.59. The molecule has 1 aromatic heterocycles. The van der Waals surface area contributed by atoms with Crippen molar-refractivity contribution in [3.05, 3.63) is 89.7 Å². The van der Waals surface area contributed by atoms with Gasteiger partial charge in [0.15, 0.2) is 16.2 Å². The Labute approximate surface area is 286 Å². The predicted octanol–water partition coefficient (Wildman–Crippen LogP) is 8.83. The van der Waals surface area contributed by atoms with Gasteiger partial charge >= 0.3 is 6.36 Å². The molecule has 3 aromatic carbocycles. The highest BCUT2D eigenvalue weighted by Crippen LogP contribution is 2.35. The molecule has 0 unspecified atom stereocenters. The first kappa shape index (κ1) is 35.2. The number of rotatable bonds is 10. The molecule has 2 heterocycles. The zero-order chi connectivity index (χ0) is 34.4. The lowest BCUT2D eigenvalue weighted by Gasteiger charge is -2.22. The van der Waals surface area contributed by atoms with Crippen molar-refractivity contribution in [2.24, 2.45) is 9.98 Å². The van der Waals surface area contributed by atoms with Crippen molar-refractivity contribution >= 4 is 45.5 Å². The molecule has 48 heavy (non-hydrogen) atoms. The number of aryl methyl sites for hydroxylation is 1. The Morgan fingerprint density at radius 2 is 1.79 bits per heavy atom. The fourth-order valence-electron chi connectivity index (χ4n) is 5.08. The molecule has 1 aliphatic heterocycles. The molecule has 0 bridgehead atoms. The number of ether oxygens (including phenoxy) is 1. The maximum Gasteiger partial charge on any atom is 0.573 e. The maximum atomic E-state index is 13.1. The highest BCUT2D eigenvalue weighted by Gasteiger charge is 2.33. The zero-order valence-corrected chi connectivity index (χ0v) is 29.0. The van der Waals surface area contributed by atoms with Crippen LogP contribution in [0.4, 0.5) is 18.9 Å². The second kappa shape index (κ2) is 15.4. The van der Waals surface area contributed by atoms with Crippen LogP contribution in [-0.2, 0) is 11.2 Å². The van der Waals surface area contributed by atoms with Gasteiger partial charge in [-0.15, -0.1) is 18.3 Å². The van der Waals surface area contributed by atoms with Crippen molar-refractivity contribution in [2.75, 3.05) is 16.4 Å². The molecule has 252 valence electrons. The molecule has 13 heteroatoms. The van der Waals surface area contributed by atoms with E-state index in [1.54, 1.807) is 16.7 Å². The highest BCUT2D eigenvalue weighted by atomic mass is 32.2. The van der Waals surface area contributed by atoms with Gasteiger partial charge in [-0.2, -0.15) is 4.99 Å². The van der Waals surface area contributed by atoms with E-state index >= 15 is 0 Å². The number of nitrogens with zero attached hydrogens (tertiary/aromatic N) is 6. The van der Waals surface area contributed by atoms with Gasteiger partial charge in [-0.25, -0.2) is 9.67 Å². The summed E-state index contributed by atoms with van der Waals surface area (Å²) in [5, 5.41) is 5.81. The van der Waals surface area contributed by atoms with E-state index in [0.29, 0.717) is 34.0 Å². The third kappa shape index (κ3) is 9.07. The number of anilines is 1. The molecule has 0 radical (unpaired) electrons. The molecule has 1 amide bonds. The third-order valence-corrected chi connectivity index (χ3v) is 9.33. The van der Waals surface area contributed by atoms with Gasteiger partial charge in [0.25, 0.3) is 0 Å². The van der Waals surface area contributed by atoms with E-state index in [0.717, 1.165) is 40.1 Å². The Kier molecular flexibility index (Phi) is 11.3. The minimum Gasteiger partial charge on any atom is -0.406 e. The third-order valence-electron chi connectivity index (χ3n) is 7.34. The Hall–Kier alpha value is -4.10. The lowest BCUT2D eigenvalue weighted by atomic mass is 9.99. The number of hydrogen-bond donors (Lipinski definition) is 0. The Bertz CT molecular complexity index is 1790. The van der Waals surface area contributed by atoms with E-state index in [4.69, 9.17) is 9.98 Å². The fourth-order valence-corrected chi connectivity index (χ4v) is 6.79. The highest BCUT2D eigenvalue weighted by molar-refractivity contribution is 8.16. The number of aromatic nitrogens is 3. The number of amidine groups is 2. The predicted molar refractivity (Wildman–Crippen MR) is 189 cm³/mol. The van der Waals surface area contributed by atoms with Crippen LogP contribution < -0.4 is 9.64 Å². The smallest absolute Gasteiger partial charge is 0.406 e. The van der Waals surface area contributed by atoms with Crippen LogP contribution in [0, 0.1) is 6.92 Å². The summed E-state index contributed by atoms with van der Waals surface area (Å²) in [4.78, 5) is 29.2. The Balaban J connectivity index is 1.30. The van der Waals surface area contributed by atoms with Crippen molar-refractivity contribution in [1.82, 2.24) is 14.8 Å². The second-order valence-corrected chi connectivity index (χ2v) is 13.7. The number of halogens is 3. The summed E-state index contributed by atoms with van der Waals surface area (Å²) in [5.74, 6) is 1.66. The summed E-state index contributed by atoms with van der Waals surface area (Å²) in [6, 6.07) is 19.5. The average Bonchev–Trinajstić information content (AvgIpc) is 3.66. The van der Waals surface area contributed by atoms with E-state index in [1.165, 1.54) is 47.0 Å². The Morgan fingerprint density at radius 1 is 1.06 bits per heavy atom. The Morgan fingerprint density at radius 3 is 2.46 bits per heavy atom. The van der Waals surface area contributed by atoms with Crippen molar-refractivity contribution < 1.29 is 22.7 Å². The molecule has 0 saturated carbocycles. The zero-order valence-electron chi connectivity index (χ0n) is 27.4. The number of aliphatic imine (C=N–C) groups is 2. The molecule has 1 saturated heterocycles. The molecule has 5 rings (SSSR count). The van der Waals surface area contributed by atoms with E-state index in [-0.39, 0.29) is 23.6 Å². The van der Waals surface area contributed by atoms with Gasteiger partial charge in [-0.3, -0.25) is 14.7 Å². The van der Waals surface area contributed by atoms with Crippen LogP contribution >= 0.6 is 23.5 Å². The van der Waals surface area contributed by atoms with Gasteiger partial charge in [-0.05, 0) is 79.6 Å². The van der Waals surface area contributed by atoms with Crippen molar-refractivity contribution in [3.63, 3.8) is 0 Å². The van der Waals surface area contributed by atoms with E-state index < -0.39 is 6.36 Å². The molecule has 8 nitrogen and oxygen atoms in total. The summed E-state index contributed by atoms with van der Waals surface area (Å²) >= 11 is 3.04. The molecular weight excluding hydrogens is 658 g/mol. The number of carbonyl (C=O) groups is 1. The molecule has 1 aliphatic rings. The van der Waals surface area contributed by atoms with Crippen LogP contribution in [0.3, 0.4) is 0 Å². The maximum absolute atomic E-state index is 13.1. The van der Waals surface area contributed by atoms with Crippen LogP contribution in [0.5, 0.6) is 5.75 Å². The second-order valence-electron chi connectivity index (χ2n) is 11.7. The number of carbonyl (C=O) groups excluding carboxylic acids is 1. The lowest BCUT2D eigenvalue weighted by Crippen LogP contribution is -2.31. The van der Waals surface area contributed by atoms with Crippen molar-refractivity contribution in [1.29, 1.82) is 0 Å². The van der Waals surface area contributed by atoms with Gasteiger partial charge in [-0.1, -0.05) is 80.7 Å². The summed E-state index contributed by atoms with van der Waals surface area (Å²) in [5.41, 5.74) is 5.52. The number of amides is 1. The average molecular weight is 695 g/mol. The van der Waals surface area contributed by atoms with Gasteiger partial charge in [0.2, 0.25) is 5.91 Å². The number of hydrogen-bond acceptors (Lipinski definition) is 7. The molecule has 1 fully saturated rings. The molecular formula is C35H37F3N6O2S2. The fraction of sp³-hybridized carbons (Fsp3) is 0.343. The van der Waals surface area contributed by atoms with E-state index in [1.807, 2.05) is 31.2 Å². The van der Waals surface area contributed by atoms with E-state index in [2.05, 4.69) is 60.7 Å². The first-order valence-electron chi connectivity index (χ1n) is 15.6. The number of alkyl halides is 3. The lowest BCUT2D eigenvalue weighted by molar-refractivity contribution is -0.274. The van der Waals surface area contributed by atoms with Crippen LogP contribution in [0.25, 0.3) is 17.1 Å². The normalized spacial score (nSPS) is 15.5. The molecule has 0 aliphatic carbocycles. The molecule has 0 N–H and O–H groups in total. The van der Waals surface area contributed by atoms with Crippen LogP contribution in [0.15, 0.2) is 83.0 Å². The number of thioether (sulfide) groups is 2. The first-order valence-corrected chi connectivity index (χ1v) is 17.6. The SMILES string of the molecule is CCCSC(=N[C@H](C)Cc1ccc(-c2ncn(-c3ccc(OC(F)(F)F)cc3)n2)cc1)/N=C1\SCC(=O)N1c1cc(C)ccc1C(C)C. The molecule has 1 atom stereocenters. The standard InChI is InChI=1S/C35H37F3N6O2S2/c1-6-17-47-33(41-34-44(31(45)20-48-34)30-18-23(4)7-16-29(30)22(2)3)40-24(5)19-25-8-10-26(11-9-25)32-39-21-43(42-32)27-12-14-28(15-13-27)46-35(36,37)38/h7-16,18,21-22,24H,6,17,19-20H2,1-5H3/b40-33?,41-34-/t24-/m1/s1. The van der Waals surface area contributed by atoms with Crippen molar-refractivity contribution in [3.8, 4) is 22.8 Å². The van der Waals surface area contributed by atoms with Crippen LogP contribution in [-0.4, -0.2) is 54.9 Å². The topological polar surface area (TPSA) is 85.0 Å². The van der Waals surface area contributed by atoms with E-state index in [9.17, 15) is 18.0 Å².